The number of amides is 2. The van der Waals surface area contributed by atoms with Gasteiger partial charge in [-0.1, -0.05) is 0 Å². The van der Waals surface area contributed by atoms with E-state index in [1.54, 1.807) is 12.0 Å². The Balaban J connectivity index is 1.53. The molecule has 7 nitrogen and oxygen atoms in total. The second-order valence-corrected chi connectivity index (χ2v) is 6.50. The highest BCUT2D eigenvalue weighted by atomic mass is 16.5. The van der Waals surface area contributed by atoms with Crippen LogP contribution in [0.1, 0.15) is 23.9 Å². The van der Waals surface area contributed by atoms with E-state index in [0.717, 1.165) is 11.4 Å². The zero-order valence-electron chi connectivity index (χ0n) is 14.0. The van der Waals surface area contributed by atoms with Crippen molar-refractivity contribution in [1.82, 2.24) is 19.6 Å². The molecule has 1 aromatic heterocycles. The molecule has 2 fully saturated rings. The maximum atomic E-state index is 12.5. The van der Waals surface area contributed by atoms with E-state index in [2.05, 4.69) is 5.10 Å². The van der Waals surface area contributed by atoms with E-state index in [4.69, 9.17) is 4.74 Å². The number of hydrogen-bond donors (Lipinski definition) is 0. The Morgan fingerprint density at radius 3 is 2.70 bits per heavy atom. The topological polar surface area (TPSA) is 67.7 Å². The molecule has 2 amide bonds. The maximum Gasteiger partial charge on any atom is 0.228 e. The van der Waals surface area contributed by atoms with Crippen molar-refractivity contribution >= 4 is 11.8 Å². The van der Waals surface area contributed by atoms with Crippen LogP contribution in [0.2, 0.25) is 0 Å². The summed E-state index contributed by atoms with van der Waals surface area (Å²) in [6.45, 7) is 6.97. The van der Waals surface area contributed by atoms with Crippen molar-refractivity contribution in [2.24, 2.45) is 5.92 Å². The molecule has 126 valence electrons. The van der Waals surface area contributed by atoms with E-state index < -0.39 is 0 Å². The highest BCUT2D eigenvalue weighted by molar-refractivity contribution is 5.89. The average molecular weight is 320 g/mol. The third-order valence-electron chi connectivity index (χ3n) is 4.69. The Hall–Kier alpha value is -1.89. The Labute approximate surface area is 136 Å². The molecule has 1 aromatic rings. The van der Waals surface area contributed by atoms with Crippen molar-refractivity contribution in [3.63, 3.8) is 0 Å². The van der Waals surface area contributed by atoms with Gasteiger partial charge in [-0.25, -0.2) is 0 Å². The number of carbonyl (C=O) groups excluding carboxylic acids is 2. The average Bonchev–Trinajstić information content (AvgIpc) is 2.98. The molecule has 0 bridgehead atoms. The summed E-state index contributed by atoms with van der Waals surface area (Å²) in [6, 6.07) is 2.31. The lowest BCUT2D eigenvalue weighted by Crippen LogP contribution is -2.53. The lowest BCUT2D eigenvalue weighted by atomic mass is 10.0. The van der Waals surface area contributed by atoms with Crippen LogP contribution < -0.4 is 0 Å². The van der Waals surface area contributed by atoms with Crippen LogP contribution >= 0.6 is 0 Å². The van der Waals surface area contributed by atoms with Crippen LogP contribution in [0, 0.1) is 19.8 Å². The summed E-state index contributed by atoms with van der Waals surface area (Å²) in [5.41, 5.74) is 2.13. The summed E-state index contributed by atoms with van der Waals surface area (Å²) in [6.07, 6.45) is 0.323. The largest absolute Gasteiger partial charge is 0.383 e. The van der Waals surface area contributed by atoms with Crippen molar-refractivity contribution in [2.45, 2.75) is 26.3 Å². The van der Waals surface area contributed by atoms with Gasteiger partial charge in [-0.3, -0.25) is 14.3 Å². The van der Waals surface area contributed by atoms with E-state index in [9.17, 15) is 9.59 Å². The second kappa shape index (κ2) is 6.31. The molecule has 2 aliphatic heterocycles. The minimum absolute atomic E-state index is 0.0519. The lowest BCUT2D eigenvalue weighted by molar-refractivity contribution is -0.141. The van der Waals surface area contributed by atoms with Crippen LogP contribution in [0.25, 0.3) is 0 Å². The molecule has 0 radical (unpaired) electrons. The summed E-state index contributed by atoms with van der Waals surface area (Å²) in [5.74, 6) is -0.0622. The lowest BCUT2D eigenvalue weighted by Gasteiger charge is -2.41. The number of aryl methyl sites for hydroxylation is 2. The first-order valence-electron chi connectivity index (χ1n) is 8.08. The number of methoxy groups -OCH3 is 1. The van der Waals surface area contributed by atoms with E-state index in [1.807, 2.05) is 29.5 Å². The Kier molecular flexibility index (Phi) is 4.39. The minimum Gasteiger partial charge on any atom is -0.383 e. The Bertz CT molecular complexity index is 606. The quantitative estimate of drug-likeness (QED) is 0.786. The molecule has 1 atom stereocenters. The number of rotatable bonds is 5. The molecule has 3 heterocycles. The van der Waals surface area contributed by atoms with Gasteiger partial charge >= 0.3 is 0 Å². The van der Waals surface area contributed by atoms with E-state index in [0.29, 0.717) is 39.2 Å². The summed E-state index contributed by atoms with van der Waals surface area (Å²) in [5, 5.41) is 4.48. The minimum atomic E-state index is -0.208. The van der Waals surface area contributed by atoms with Gasteiger partial charge in [0.2, 0.25) is 11.8 Å². The summed E-state index contributed by atoms with van der Waals surface area (Å²) < 4.78 is 7.01. The smallest absolute Gasteiger partial charge is 0.228 e. The number of hydrogen-bond acceptors (Lipinski definition) is 4. The highest BCUT2D eigenvalue weighted by Crippen LogP contribution is 2.27. The first-order valence-corrected chi connectivity index (χ1v) is 8.08. The van der Waals surface area contributed by atoms with Gasteiger partial charge in [0.05, 0.1) is 24.3 Å². The van der Waals surface area contributed by atoms with Gasteiger partial charge in [0.1, 0.15) is 0 Å². The predicted molar refractivity (Wildman–Crippen MR) is 83.9 cm³/mol. The molecular weight excluding hydrogens is 296 g/mol. The molecule has 3 rings (SSSR count). The number of nitrogens with zero attached hydrogens (tertiary/aromatic N) is 4. The van der Waals surface area contributed by atoms with Crippen molar-refractivity contribution in [3.8, 4) is 0 Å². The van der Waals surface area contributed by atoms with Gasteiger partial charge in [-0.05, 0) is 19.9 Å². The van der Waals surface area contributed by atoms with Gasteiger partial charge in [0, 0.05) is 45.4 Å². The molecule has 23 heavy (non-hydrogen) atoms. The molecule has 0 saturated carbocycles. The van der Waals surface area contributed by atoms with Gasteiger partial charge in [-0.15, -0.1) is 0 Å². The molecule has 7 heteroatoms. The van der Waals surface area contributed by atoms with Crippen LogP contribution in [0.5, 0.6) is 0 Å². The van der Waals surface area contributed by atoms with Crippen LogP contribution in [0.3, 0.4) is 0 Å². The van der Waals surface area contributed by atoms with Crippen molar-refractivity contribution in [2.75, 3.05) is 39.9 Å². The third kappa shape index (κ3) is 3.10. The van der Waals surface area contributed by atoms with Crippen molar-refractivity contribution in [1.29, 1.82) is 0 Å². The molecule has 0 N–H and O–H groups in total. The number of aromatic nitrogens is 2. The summed E-state index contributed by atoms with van der Waals surface area (Å²) >= 11 is 0. The molecule has 0 aromatic carbocycles. The first-order chi connectivity index (χ1) is 11.0. The second-order valence-electron chi connectivity index (χ2n) is 6.50. The molecular formula is C16H24N4O3. The number of likely N-dealkylation sites (tertiary alicyclic amines) is 2. The zero-order valence-corrected chi connectivity index (χ0v) is 14.0. The van der Waals surface area contributed by atoms with E-state index in [1.165, 1.54) is 0 Å². The maximum absolute atomic E-state index is 12.5. The van der Waals surface area contributed by atoms with Crippen LogP contribution in [0.4, 0.5) is 0 Å². The number of carbonyl (C=O) groups is 2. The SMILES string of the molecule is COCCN1C[C@H](C(=O)N2CC(n3nc(C)cc3C)C2)CC1=O. The predicted octanol–water partition coefficient (Wildman–Crippen LogP) is 0.378. The Morgan fingerprint density at radius 1 is 1.35 bits per heavy atom. The molecule has 0 aliphatic carbocycles. The van der Waals surface area contributed by atoms with Crippen molar-refractivity contribution < 1.29 is 14.3 Å². The van der Waals surface area contributed by atoms with Crippen LogP contribution in [0.15, 0.2) is 6.07 Å². The fraction of sp³-hybridized carbons (Fsp3) is 0.688. The molecule has 2 saturated heterocycles. The molecule has 0 spiro atoms. The van der Waals surface area contributed by atoms with Crippen LogP contribution in [-0.4, -0.2) is 71.3 Å². The third-order valence-corrected chi connectivity index (χ3v) is 4.69. The monoisotopic (exact) mass is 320 g/mol. The zero-order chi connectivity index (χ0) is 16.6. The van der Waals surface area contributed by atoms with Gasteiger partial charge in [-0.2, -0.15) is 5.10 Å². The van der Waals surface area contributed by atoms with Gasteiger partial charge in [0.25, 0.3) is 0 Å². The first kappa shape index (κ1) is 16.0. The summed E-state index contributed by atoms with van der Waals surface area (Å²) in [4.78, 5) is 28.1. The molecule has 0 unspecified atom stereocenters. The van der Waals surface area contributed by atoms with E-state index >= 15 is 0 Å². The Morgan fingerprint density at radius 2 is 2.09 bits per heavy atom. The van der Waals surface area contributed by atoms with Gasteiger partial charge in [0.15, 0.2) is 0 Å². The normalized spacial score (nSPS) is 21.9. The van der Waals surface area contributed by atoms with Gasteiger partial charge < -0.3 is 14.5 Å². The molecule has 2 aliphatic rings. The van der Waals surface area contributed by atoms with Crippen LogP contribution in [-0.2, 0) is 14.3 Å². The highest BCUT2D eigenvalue weighted by Gasteiger charge is 2.41. The standard InChI is InChI=1S/C16H24N4O3/c1-11-6-12(2)20(17-11)14-9-19(10-14)16(22)13-7-15(21)18(8-13)4-5-23-3/h6,13-14H,4-5,7-10H2,1-3H3/t13-/m1/s1. The number of ether oxygens (including phenoxy) is 1. The fourth-order valence-electron chi connectivity index (χ4n) is 3.42. The van der Waals surface area contributed by atoms with E-state index in [-0.39, 0.29) is 23.8 Å². The summed E-state index contributed by atoms with van der Waals surface area (Å²) in [7, 11) is 1.61. The van der Waals surface area contributed by atoms with Crippen molar-refractivity contribution in [3.05, 3.63) is 17.5 Å². The fourth-order valence-corrected chi connectivity index (χ4v) is 3.42.